The molecule has 2 aliphatic carbocycles. The summed E-state index contributed by atoms with van der Waals surface area (Å²) in [5.74, 6) is -0.365. The van der Waals surface area contributed by atoms with Crippen LogP contribution >= 0.6 is 0 Å². The molecule has 0 aliphatic heterocycles. The summed E-state index contributed by atoms with van der Waals surface area (Å²) in [7, 11) is 0. The van der Waals surface area contributed by atoms with Crippen molar-refractivity contribution in [3.8, 4) is 0 Å². The van der Waals surface area contributed by atoms with E-state index in [0.717, 1.165) is 43.5 Å². The first-order chi connectivity index (χ1) is 18.5. The van der Waals surface area contributed by atoms with Crippen LogP contribution in [0.15, 0.2) is 48.5 Å². The number of aromatic carboxylic acids is 1. The van der Waals surface area contributed by atoms with Gasteiger partial charge in [0.25, 0.3) is 0 Å². The maximum Gasteiger partial charge on any atom is 0.336 e. The Balaban J connectivity index is 1.27. The van der Waals surface area contributed by atoms with Crippen molar-refractivity contribution in [2.75, 3.05) is 25.0 Å². The van der Waals surface area contributed by atoms with E-state index in [2.05, 4.69) is 5.32 Å². The SMILES string of the molecule is Cc1cccc(COC2CCCC(OCCN(CC3CCCCC3)C(=O)Nc3ccccc3)C2)c1C(=O)O. The maximum atomic E-state index is 13.1. The van der Waals surface area contributed by atoms with Crippen LogP contribution < -0.4 is 5.32 Å². The normalized spacial score (nSPS) is 20.1. The van der Waals surface area contributed by atoms with Crippen LogP contribution in [0, 0.1) is 12.8 Å². The van der Waals surface area contributed by atoms with Crippen molar-refractivity contribution in [2.24, 2.45) is 5.92 Å². The number of carbonyl (C=O) groups excluding carboxylic acids is 1. The number of amides is 2. The molecule has 2 aliphatic rings. The molecule has 2 aromatic rings. The number of nitrogens with one attached hydrogen (secondary N) is 1. The van der Waals surface area contributed by atoms with Crippen LogP contribution in [0.5, 0.6) is 0 Å². The number of rotatable bonds is 11. The molecule has 0 aromatic heterocycles. The molecule has 7 heteroatoms. The zero-order valence-electron chi connectivity index (χ0n) is 22.6. The van der Waals surface area contributed by atoms with Crippen LogP contribution in [0.3, 0.4) is 0 Å². The molecule has 2 atom stereocenters. The third-order valence-electron chi connectivity index (χ3n) is 7.86. The Hall–Kier alpha value is -2.90. The van der Waals surface area contributed by atoms with Gasteiger partial charge in [0.15, 0.2) is 0 Å². The number of hydrogen-bond donors (Lipinski definition) is 2. The van der Waals surface area contributed by atoms with E-state index in [1.165, 1.54) is 32.1 Å². The highest BCUT2D eigenvalue weighted by molar-refractivity contribution is 5.91. The molecule has 0 heterocycles. The number of hydrogen-bond acceptors (Lipinski definition) is 4. The molecule has 0 bridgehead atoms. The molecule has 0 radical (unpaired) electrons. The largest absolute Gasteiger partial charge is 0.478 e. The Morgan fingerprint density at radius 3 is 2.39 bits per heavy atom. The van der Waals surface area contributed by atoms with E-state index in [4.69, 9.17) is 9.47 Å². The Morgan fingerprint density at radius 2 is 1.66 bits per heavy atom. The number of carboxylic acids is 1. The number of benzene rings is 2. The fourth-order valence-corrected chi connectivity index (χ4v) is 5.78. The minimum Gasteiger partial charge on any atom is -0.478 e. The highest BCUT2D eigenvalue weighted by atomic mass is 16.5. The standard InChI is InChI=1S/C31H42N2O5/c1-23-10-8-13-25(29(23)30(34)35)22-38-28-17-9-16-27(20-28)37-19-18-33(21-24-11-4-2-5-12-24)31(36)32-26-14-6-3-7-15-26/h3,6-8,10,13-15,24,27-28H,2,4-5,9,11-12,16-22H2,1H3,(H,32,36)(H,34,35). The van der Waals surface area contributed by atoms with E-state index in [1.807, 2.05) is 60.4 Å². The smallest absolute Gasteiger partial charge is 0.336 e. The summed E-state index contributed by atoms with van der Waals surface area (Å²) in [6, 6.07) is 15.1. The van der Waals surface area contributed by atoms with Gasteiger partial charge < -0.3 is 24.8 Å². The molecule has 2 fully saturated rings. The maximum absolute atomic E-state index is 13.1. The van der Waals surface area contributed by atoms with Crippen LogP contribution in [-0.4, -0.2) is 53.9 Å². The molecule has 2 aromatic carbocycles. The Labute approximate surface area is 226 Å². The summed E-state index contributed by atoms with van der Waals surface area (Å²) in [5.41, 5.74) is 2.60. The molecule has 2 saturated carbocycles. The average molecular weight is 523 g/mol. The molecule has 4 rings (SSSR count). The summed E-state index contributed by atoms with van der Waals surface area (Å²) in [6.07, 6.45) is 9.99. The van der Waals surface area contributed by atoms with E-state index < -0.39 is 5.97 Å². The number of nitrogens with zero attached hydrogens (tertiary/aromatic N) is 1. The predicted octanol–water partition coefficient (Wildman–Crippen LogP) is 6.65. The van der Waals surface area contributed by atoms with Gasteiger partial charge >= 0.3 is 12.0 Å². The van der Waals surface area contributed by atoms with E-state index in [-0.39, 0.29) is 24.8 Å². The molecule has 2 unspecified atom stereocenters. The van der Waals surface area contributed by atoms with Crippen molar-refractivity contribution < 1.29 is 24.2 Å². The van der Waals surface area contributed by atoms with Gasteiger partial charge in [0.05, 0.1) is 31.0 Å². The quantitative estimate of drug-likeness (QED) is 0.345. The van der Waals surface area contributed by atoms with Crippen molar-refractivity contribution in [1.82, 2.24) is 4.90 Å². The number of urea groups is 1. The van der Waals surface area contributed by atoms with Crippen LogP contribution in [0.25, 0.3) is 0 Å². The molecule has 2 N–H and O–H groups in total. The molecule has 2 amide bonds. The second kappa shape index (κ2) is 14.3. The zero-order valence-corrected chi connectivity index (χ0v) is 22.6. The number of carboxylic acid groups (broad SMARTS) is 1. The van der Waals surface area contributed by atoms with Gasteiger partial charge in [-0.25, -0.2) is 9.59 Å². The van der Waals surface area contributed by atoms with E-state index in [1.54, 1.807) is 0 Å². The third kappa shape index (κ3) is 8.30. The topological polar surface area (TPSA) is 88.1 Å². The molecular weight excluding hydrogens is 480 g/mol. The van der Waals surface area contributed by atoms with Crippen LogP contribution in [-0.2, 0) is 16.1 Å². The summed E-state index contributed by atoms with van der Waals surface area (Å²) in [6.45, 7) is 3.92. The Morgan fingerprint density at radius 1 is 0.921 bits per heavy atom. The minimum atomic E-state index is -0.916. The highest BCUT2D eigenvalue weighted by Crippen LogP contribution is 2.27. The summed E-state index contributed by atoms with van der Waals surface area (Å²) in [4.78, 5) is 26.7. The first-order valence-corrected chi connectivity index (χ1v) is 14.2. The molecule has 7 nitrogen and oxygen atoms in total. The monoisotopic (exact) mass is 522 g/mol. The molecule has 0 saturated heterocycles. The lowest BCUT2D eigenvalue weighted by atomic mass is 9.89. The van der Waals surface area contributed by atoms with Crippen LogP contribution in [0.2, 0.25) is 0 Å². The lowest BCUT2D eigenvalue weighted by Gasteiger charge is -2.32. The minimum absolute atomic E-state index is 0.0376. The van der Waals surface area contributed by atoms with Gasteiger partial charge in [0, 0.05) is 18.8 Å². The van der Waals surface area contributed by atoms with Crippen molar-refractivity contribution in [1.29, 1.82) is 0 Å². The lowest BCUT2D eigenvalue weighted by molar-refractivity contribution is -0.0526. The number of para-hydroxylation sites is 1. The van der Waals surface area contributed by atoms with Crippen molar-refractivity contribution in [2.45, 2.75) is 83.5 Å². The molecule has 206 valence electrons. The van der Waals surface area contributed by atoms with Gasteiger partial charge in [-0.1, -0.05) is 55.7 Å². The van der Waals surface area contributed by atoms with Gasteiger partial charge in [0.2, 0.25) is 0 Å². The number of aryl methyl sites for hydroxylation is 1. The molecule has 38 heavy (non-hydrogen) atoms. The number of ether oxygens (including phenoxy) is 2. The van der Waals surface area contributed by atoms with Gasteiger partial charge in [0.1, 0.15) is 0 Å². The fraction of sp³-hybridized carbons (Fsp3) is 0.548. The van der Waals surface area contributed by atoms with E-state index in [9.17, 15) is 14.7 Å². The average Bonchev–Trinajstić information content (AvgIpc) is 2.92. The van der Waals surface area contributed by atoms with Crippen molar-refractivity contribution >= 4 is 17.7 Å². The summed E-state index contributed by atoms with van der Waals surface area (Å²) < 4.78 is 12.4. The predicted molar refractivity (Wildman–Crippen MR) is 149 cm³/mol. The van der Waals surface area contributed by atoms with Gasteiger partial charge in [-0.2, -0.15) is 0 Å². The van der Waals surface area contributed by atoms with Gasteiger partial charge in [-0.3, -0.25) is 0 Å². The van der Waals surface area contributed by atoms with E-state index in [0.29, 0.717) is 30.2 Å². The van der Waals surface area contributed by atoms with E-state index >= 15 is 0 Å². The first kappa shape index (κ1) is 28.1. The number of carbonyl (C=O) groups is 2. The second-order valence-corrected chi connectivity index (χ2v) is 10.8. The highest BCUT2D eigenvalue weighted by Gasteiger charge is 2.25. The first-order valence-electron chi connectivity index (χ1n) is 14.2. The second-order valence-electron chi connectivity index (χ2n) is 10.8. The fourth-order valence-electron chi connectivity index (χ4n) is 5.78. The number of anilines is 1. The van der Waals surface area contributed by atoms with Crippen molar-refractivity contribution in [3.05, 3.63) is 65.2 Å². The van der Waals surface area contributed by atoms with Gasteiger partial charge in [-0.15, -0.1) is 0 Å². The Kier molecular flexibility index (Phi) is 10.6. The Bertz CT molecular complexity index is 1040. The van der Waals surface area contributed by atoms with Gasteiger partial charge in [-0.05, 0) is 74.6 Å². The van der Waals surface area contributed by atoms with Crippen LogP contribution in [0.1, 0.15) is 79.3 Å². The zero-order chi connectivity index (χ0) is 26.7. The summed E-state index contributed by atoms with van der Waals surface area (Å²) >= 11 is 0. The van der Waals surface area contributed by atoms with Crippen LogP contribution in [0.4, 0.5) is 10.5 Å². The third-order valence-corrected chi connectivity index (χ3v) is 7.86. The molecular formula is C31H42N2O5. The molecule has 0 spiro atoms. The summed E-state index contributed by atoms with van der Waals surface area (Å²) in [5, 5.41) is 12.6. The lowest BCUT2D eigenvalue weighted by Crippen LogP contribution is -2.41. The van der Waals surface area contributed by atoms with Crippen molar-refractivity contribution in [3.63, 3.8) is 0 Å².